The van der Waals surface area contributed by atoms with Gasteiger partial charge in [0, 0.05) is 12.2 Å². The second kappa shape index (κ2) is 7.06. The molecule has 2 aromatic rings. The summed E-state index contributed by atoms with van der Waals surface area (Å²) in [5.74, 6) is -1.62. The minimum absolute atomic E-state index is 0.0985. The van der Waals surface area contributed by atoms with Gasteiger partial charge in [-0.1, -0.05) is 17.7 Å². The standard InChI is InChI=1S/C18H18N2O4S/c1-11-4-6-12(7-5-11)20-10-2-3-13(17(20)22)19-16(21)14-8-9-15(25-14)18(23)24/h4-9,13H,2-3,10H2,1H3,(H,19,21)(H,23,24). The number of aryl methyl sites for hydroxylation is 1. The van der Waals surface area contributed by atoms with E-state index in [1.807, 2.05) is 31.2 Å². The molecule has 1 fully saturated rings. The van der Waals surface area contributed by atoms with E-state index in [-0.39, 0.29) is 15.7 Å². The maximum atomic E-state index is 12.7. The first-order chi connectivity index (χ1) is 12.0. The highest BCUT2D eigenvalue weighted by Gasteiger charge is 2.31. The average molecular weight is 358 g/mol. The number of carboxylic acid groups (broad SMARTS) is 1. The fourth-order valence-corrected chi connectivity index (χ4v) is 3.54. The number of amides is 2. The predicted octanol–water partition coefficient (Wildman–Crippen LogP) is 2.68. The van der Waals surface area contributed by atoms with E-state index in [4.69, 9.17) is 5.11 Å². The van der Waals surface area contributed by atoms with Crippen molar-refractivity contribution in [1.29, 1.82) is 0 Å². The molecule has 25 heavy (non-hydrogen) atoms. The van der Waals surface area contributed by atoms with E-state index in [2.05, 4.69) is 5.32 Å². The Morgan fingerprint density at radius 2 is 1.84 bits per heavy atom. The lowest BCUT2D eigenvalue weighted by atomic mass is 10.0. The van der Waals surface area contributed by atoms with E-state index in [0.29, 0.717) is 13.0 Å². The first kappa shape index (κ1) is 17.2. The molecule has 1 aliphatic heterocycles. The number of hydrogen-bond acceptors (Lipinski definition) is 4. The largest absolute Gasteiger partial charge is 0.477 e. The highest BCUT2D eigenvalue weighted by atomic mass is 32.1. The molecular formula is C18H18N2O4S. The summed E-state index contributed by atoms with van der Waals surface area (Å²) < 4.78 is 0. The summed E-state index contributed by atoms with van der Waals surface area (Å²) in [6, 6.07) is 9.95. The Labute approximate surface area is 149 Å². The molecule has 0 aliphatic carbocycles. The number of piperidine rings is 1. The van der Waals surface area contributed by atoms with Crippen LogP contribution in [0.25, 0.3) is 0 Å². The zero-order chi connectivity index (χ0) is 18.0. The van der Waals surface area contributed by atoms with Crippen LogP contribution in [0.2, 0.25) is 0 Å². The zero-order valence-corrected chi connectivity index (χ0v) is 14.5. The molecule has 1 aliphatic rings. The Morgan fingerprint density at radius 3 is 2.48 bits per heavy atom. The lowest BCUT2D eigenvalue weighted by Gasteiger charge is -2.32. The lowest BCUT2D eigenvalue weighted by Crippen LogP contribution is -2.52. The van der Waals surface area contributed by atoms with Gasteiger partial charge in [-0.3, -0.25) is 9.59 Å². The van der Waals surface area contributed by atoms with Gasteiger partial charge in [-0.05, 0) is 44.0 Å². The fraction of sp³-hybridized carbons (Fsp3) is 0.278. The molecule has 2 N–H and O–H groups in total. The third kappa shape index (κ3) is 3.71. The summed E-state index contributed by atoms with van der Waals surface area (Å²) in [6.45, 7) is 2.60. The summed E-state index contributed by atoms with van der Waals surface area (Å²) in [4.78, 5) is 38.0. The van der Waals surface area contributed by atoms with E-state index in [1.165, 1.54) is 12.1 Å². The third-order valence-electron chi connectivity index (χ3n) is 4.13. The third-order valence-corrected chi connectivity index (χ3v) is 5.20. The SMILES string of the molecule is Cc1ccc(N2CCCC(NC(=O)c3ccc(C(=O)O)s3)C2=O)cc1. The number of anilines is 1. The highest BCUT2D eigenvalue weighted by Crippen LogP contribution is 2.22. The smallest absolute Gasteiger partial charge is 0.345 e. The summed E-state index contributed by atoms with van der Waals surface area (Å²) in [5.41, 5.74) is 1.93. The zero-order valence-electron chi connectivity index (χ0n) is 13.7. The average Bonchev–Trinajstić information content (AvgIpc) is 3.08. The van der Waals surface area contributed by atoms with Crippen molar-refractivity contribution < 1.29 is 19.5 Å². The molecule has 1 saturated heterocycles. The number of carbonyl (C=O) groups is 3. The lowest BCUT2D eigenvalue weighted by molar-refractivity contribution is -0.121. The van der Waals surface area contributed by atoms with Crippen LogP contribution >= 0.6 is 11.3 Å². The molecule has 130 valence electrons. The van der Waals surface area contributed by atoms with Gasteiger partial charge in [-0.25, -0.2) is 4.79 Å². The number of carboxylic acids is 1. The number of rotatable bonds is 4. The molecule has 7 heteroatoms. The van der Waals surface area contributed by atoms with Crippen LogP contribution in [-0.2, 0) is 4.79 Å². The van der Waals surface area contributed by atoms with Gasteiger partial charge in [0.05, 0.1) is 4.88 Å². The van der Waals surface area contributed by atoms with Crippen molar-refractivity contribution in [3.63, 3.8) is 0 Å². The second-order valence-electron chi connectivity index (χ2n) is 5.96. The monoisotopic (exact) mass is 358 g/mol. The van der Waals surface area contributed by atoms with Crippen molar-refractivity contribution in [2.75, 3.05) is 11.4 Å². The molecule has 1 aromatic carbocycles. The van der Waals surface area contributed by atoms with Gasteiger partial charge in [-0.15, -0.1) is 11.3 Å². The molecule has 1 atom stereocenters. The summed E-state index contributed by atoms with van der Waals surface area (Å²) in [5, 5.41) is 11.7. The molecule has 0 spiro atoms. The van der Waals surface area contributed by atoms with Crippen molar-refractivity contribution >= 4 is 34.8 Å². The van der Waals surface area contributed by atoms with Crippen molar-refractivity contribution in [3.05, 3.63) is 51.7 Å². The number of thiophene rings is 1. The van der Waals surface area contributed by atoms with Crippen molar-refractivity contribution in [2.24, 2.45) is 0 Å². The Kier molecular flexibility index (Phi) is 4.85. The van der Waals surface area contributed by atoms with Crippen LogP contribution in [0.15, 0.2) is 36.4 Å². The maximum Gasteiger partial charge on any atom is 0.345 e. The molecular weight excluding hydrogens is 340 g/mol. The summed E-state index contributed by atoms with van der Waals surface area (Å²) in [6.07, 6.45) is 1.36. The molecule has 6 nitrogen and oxygen atoms in total. The van der Waals surface area contributed by atoms with Crippen molar-refractivity contribution in [2.45, 2.75) is 25.8 Å². The fourth-order valence-electron chi connectivity index (χ4n) is 2.79. The van der Waals surface area contributed by atoms with Crippen LogP contribution in [-0.4, -0.2) is 35.5 Å². The summed E-state index contributed by atoms with van der Waals surface area (Å²) >= 11 is 0.901. The maximum absolute atomic E-state index is 12.7. The molecule has 2 heterocycles. The van der Waals surface area contributed by atoms with Crippen molar-refractivity contribution in [1.82, 2.24) is 5.32 Å². The number of aromatic carboxylic acids is 1. The van der Waals surface area contributed by atoms with E-state index < -0.39 is 17.9 Å². The van der Waals surface area contributed by atoms with Gasteiger partial charge in [0.1, 0.15) is 10.9 Å². The number of nitrogens with one attached hydrogen (secondary N) is 1. The van der Waals surface area contributed by atoms with Gasteiger partial charge in [-0.2, -0.15) is 0 Å². The van der Waals surface area contributed by atoms with Gasteiger partial charge in [0.15, 0.2) is 0 Å². The minimum Gasteiger partial charge on any atom is -0.477 e. The topological polar surface area (TPSA) is 86.7 Å². The molecule has 0 saturated carbocycles. The predicted molar refractivity (Wildman–Crippen MR) is 95.3 cm³/mol. The summed E-state index contributed by atoms with van der Waals surface area (Å²) in [7, 11) is 0. The number of carbonyl (C=O) groups excluding carboxylic acids is 2. The van der Waals surface area contributed by atoms with Gasteiger partial charge in [0.2, 0.25) is 5.91 Å². The van der Waals surface area contributed by atoms with E-state index in [1.54, 1.807) is 4.90 Å². The first-order valence-electron chi connectivity index (χ1n) is 7.98. The number of benzene rings is 1. The Bertz CT molecular complexity index is 813. The molecule has 1 aromatic heterocycles. The molecule has 0 bridgehead atoms. The van der Waals surface area contributed by atoms with Crippen LogP contribution in [0.1, 0.15) is 37.7 Å². The van der Waals surface area contributed by atoms with Gasteiger partial charge < -0.3 is 15.3 Å². The Balaban J connectivity index is 1.71. The van der Waals surface area contributed by atoms with Gasteiger partial charge in [0.25, 0.3) is 5.91 Å². The quantitative estimate of drug-likeness (QED) is 0.880. The Hall–Kier alpha value is -2.67. The first-order valence-corrected chi connectivity index (χ1v) is 8.79. The number of nitrogens with zero attached hydrogens (tertiary/aromatic N) is 1. The Morgan fingerprint density at radius 1 is 1.16 bits per heavy atom. The van der Waals surface area contributed by atoms with E-state index >= 15 is 0 Å². The van der Waals surface area contributed by atoms with Crippen LogP contribution in [0.4, 0.5) is 5.69 Å². The van der Waals surface area contributed by atoms with E-state index in [9.17, 15) is 14.4 Å². The minimum atomic E-state index is -1.07. The molecule has 0 radical (unpaired) electrons. The molecule has 3 rings (SSSR count). The van der Waals surface area contributed by atoms with Crippen LogP contribution in [0.5, 0.6) is 0 Å². The van der Waals surface area contributed by atoms with Crippen molar-refractivity contribution in [3.8, 4) is 0 Å². The molecule has 2 amide bonds. The highest BCUT2D eigenvalue weighted by molar-refractivity contribution is 7.15. The molecule has 1 unspecified atom stereocenters. The van der Waals surface area contributed by atoms with Crippen LogP contribution < -0.4 is 10.2 Å². The second-order valence-corrected chi connectivity index (χ2v) is 7.05. The van der Waals surface area contributed by atoms with Gasteiger partial charge >= 0.3 is 5.97 Å². The van der Waals surface area contributed by atoms with Crippen LogP contribution in [0, 0.1) is 6.92 Å². The van der Waals surface area contributed by atoms with Crippen LogP contribution in [0.3, 0.4) is 0 Å². The number of hydrogen-bond donors (Lipinski definition) is 2. The van der Waals surface area contributed by atoms with E-state index in [0.717, 1.165) is 29.0 Å². The normalized spacial score (nSPS) is 17.4.